The topological polar surface area (TPSA) is 78.6 Å². The number of carboxylic acids is 1. The summed E-state index contributed by atoms with van der Waals surface area (Å²) in [6.45, 7) is 5.09. The molecular formula is C23H23N3O3S. The first-order valence-electron chi connectivity index (χ1n) is 9.85. The van der Waals surface area contributed by atoms with E-state index in [1.165, 1.54) is 0 Å². The molecule has 7 heteroatoms. The third-order valence-corrected chi connectivity index (χ3v) is 5.42. The number of aromatic nitrogens is 1. The zero-order chi connectivity index (χ0) is 21.3. The van der Waals surface area contributed by atoms with Gasteiger partial charge in [-0.25, -0.2) is 4.79 Å². The van der Waals surface area contributed by atoms with Crippen LogP contribution in [0, 0.1) is 5.92 Å². The Morgan fingerprint density at radius 1 is 1.23 bits per heavy atom. The van der Waals surface area contributed by atoms with Gasteiger partial charge in [0.15, 0.2) is 5.11 Å². The monoisotopic (exact) mass is 421 g/mol. The van der Waals surface area contributed by atoms with Crippen LogP contribution in [0.4, 0.5) is 0 Å². The summed E-state index contributed by atoms with van der Waals surface area (Å²) in [6.07, 6.45) is 1.77. The van der Waals surface area contributed by atoms with Crippen LogP contribution in [0.1, 0.15) is 47.7 Å². The first-order chi connectivity index (χ1) is 14.4. The molecule has 0 bridgehead atoms. The number of carboxylic acid groups (broad SMARTS) is 1. The van der Waals surface area contributed by atoms with E-state index in [4.69, 9.17) is 16.6 Å². The molecule has 3 aromatic rings. The van der Waals surface area contributed by atoms with E-state index in [0.29, 0.717) is 16.8 Å². The smallest absolute Gasteiger partial charge is 0.335 e. The summed E-state index contributed by atoms with van der Waals surface area (Å²) in [5.41, 5.74) is 1.84. The van der Waals surface area contributed by atoms with Gasteiger partial charge >= 0.3 is 5.97 Å². The highest BCUT2D eigenvalue weighted by Crippen LogP contribution is 2.40. The van der Waals surface area contributed by atoms with Gasteiger partial charge in [0.1, 0.15) is 17.6 Å². The predicted molar refractivity (Wildman–Crippen MR) is 118 cm³/mol. The predicted octanol–water partition coefficient (Wildman–Crippen LogP) is 4.67. The van der Waals surface area contributed by atoms with Gasteiger partial charge in [0.25, 0.3) is 0 Å². The lowest BCUT2D eigenvalue weighted by molar-refractivity contribution is 0.0697. The Labute approximate surface area is 180 Å². The van der Waals surface area contributed by atoms with E-state index in [2.05, 4.69) is 29.0 Å². The Morgan fingerprint density at radius 3 is 2.77 bits per heavy atom. The van der Waals surface area contributed by atoms with Crippen LogP contribution in [-0.2, 0) is 0 Å². The van der Waals surface area contributed by atoms with E-state index in [1.807, 2.05) is 36.4 Å². The quantitative estimate of drug-likeness (QED) is 0.560. The largest absolute Gasteiger partial charge is 0.478 e. The second-order valence-electron chi connectivity index (χ2n) is 7.76. The molecule has 4 rings (SSSR count). The van der Waals surface area contributed by atoms with Gasteiger partial charge < -0.3 is 19.7 Å². The molecule has 30 heavy (non-hydrogen) atoms. The van der Waals surface area contributed by atoms with Crippen molar-refractivity contribution in [3.8, 4) is 11.3 Å². The van der Waals surface area contributed by atoms with Crippen molar-refractivity contribution >= 4 is 23.3 Å². The number of hydrogen-bond acceptors (Lipinski definition) is 4. The molecule has 1 aliphatic rings. The van der Waals surface area contributed by atoms with Crippen LogP contribution in [0.5, 0.6) is 0 Å². The fourth-order valence-corrected chi connectivity index (χ4v) is 4.09. The van der Waals surface area contributed by atoms with Crippen LogP contribution in [-0.4, -0.2) is 32.6 Å². The Bertz CT molecular complexity index is 1060. The number of benzene rings is 1. The third-order valence-electron chi connectivity index (χ3n) is 5.07. The van der Waals surface area contributed by atoms with Gasteiger partial charge in [-0.15, -0.1) is 0 Å². The Hall–Kier alpha value is -3.19. The second-order valence-corrected chi connectivity index (χ2v) is 8.15. The van der Waals surface area contributed by atoms with Crippen molar-refractivity contribution < 1.29 is 14.3 Å². The highest BCUT2D eigenvalue weighted by molar-refractivity contribution is 7.80. The van der Waals surface area contributed by atoms with Crippen molar-refractivity contribution in [1.29, 1.82) is 0 Å². The summed E-state index contributed by atoms with van der Waals surface area (Å²) >= 11 is 5.64. The minimum Gasteiger partial charge on any atom is -0.478 e. The molecule has 2 atom stereocenters. The molecule has 6 nitrogen and oxygen atoms in total. The molecular weight excluding hydrogens is 398 g/mol. The maximum Gasteiger partial charge on any atom is 0.335 e. The van der Waals surface area contributed by atoms with Crippen LogP contribution in [0.3, 0.4) is 0 Å². The Balaban J connectivity index is 1.72. The summed E-state index contributed by atoms with van der Waals surface area (Å²) in [6, 6.07) is 16.1. The van der Waals surface area contributed by atoms with Crippen LogP contribution in [0.15, 0.2) is 65.2 Å². The van der Waals surface area contributed by atoms with E-state index in [1.54, 1.807) is 24.4 Å². The molecule has 0 aliphatic carbocycles. The number of nitrogens with one attached hydrogen (secondary N) is 1. The molecule has 1 saturated heterocycles. The summed E-state index contributed by atoms with van der Waals surface area (Å²) in [5, 5.41) is 13.4. The zero-order valence-electron chi connectivity index (χ0n) is 16.8. The van der Waals surface area contributed by atoms with Gasteiger partial charge in [-0.1, -0.05) is 32.0 Å². The van der Waals surface area contributed by atoms with Gasteiger partial charge in [-0.3, -0.25) is 4.98 Å². The first kappa shape index (κ1) is 20.1. The molecule has 0 radical (unpaired) electrons. The average molecular weight is 422 g/mol. The van der Waals surface area contributed by atoms with Crippen LogP contribution >= 0.6 is 12.2 Å². The molecule has 3 heterocycles. The number of nitrogens with zero attached hydrogens (tertiary/aromatic N) is 2. The number of furan rings is 1. The molecule has 1 fully saturated rings. The van der Waals surface area contributed by atoms with Gasteiger partial charge in [-0.05, 0) is 54.5 Å². The van der Waals surface area contributed by atoms with E-state index < -0.39 is 5.97 Å². The standard InChI is InChI=1S/C23H23N3O3S/c1-14(2)13-26-21(20(25-23(26)30)17-8-3-4-11-24-17)19-10-9-18(29-19)15-6-5-7-16(12-15)22(27)28/h3-12,14,20-21H,13H2,1-2H3,(H,25,30)(H,27,28)/t20-,21-/m0/s1. The fraction of sp³-hybridized carbons (Fsp3) is 0.261. The van der Waals surface area contributed by atoms with Crippen molar-refractivity contribution in [3.05, 3.63) is 77.8 Å². The number of aromatic carboxylic acids is 1. The van der Waals surface area contributed by atoms with Crippen LogP contribution < -0.4 is 5.32 Å². The summed E-state index contributed by atoms with van der Waals surface area (Å²) < 4.78 is 6.24. The van der Waals surface area contributed by atoms with Crippen LogP contribution in [0.25, 0.3) is 11.3 Å². The number of pyridine rings is 1. The molecule has 0 spiro atoms. The summed E-state index contributed by atoms with van der Waals surface area (Å²) in [4.78, 5) is 18.0. The maximum absolute atomic E-state index is 11.3. The van der Waals surface area contributed by atoms with Gasteiger partial charge in [0.2, 0.25) is 0 Å². The summed E-state index contributed by atoms with van der Waals surface area (Å²) in [5.74, 6) is 0.827. The normalized spacial score (nSPS) is 18.6. The van der Waals surface area contributed by atoms with E-state index in [9.17, 15) is 9.90 Å². The molecule has 2 aromatic heterocycles. The molecule has 0 saturated carbocycles. The van der Waals surface area contributed by atoms with Crippen molar-refractivity contribution in [3.63, 3.8) is 0 Å². The number of rotatable bonds is 6. The highest BCUT2D eigenvalue weighted by atomic mass is 32.1. The van der Waals surface area contributed by atoms with Crippen molar-refractivity contribution in [2.24, 2.45) is 5.92 Å². The SMILES string of the molecule is CC(C)CN1C(=S)N[C@@H](c2ccccn2)[C@@H]1c1ccc(-c2cccc(C(=O)O)c2)o1. The molecule has 1 aromatic carbocycles. The second kappa shape index (κ2) is 8.28. The van der Waals surface area contributed by atoms with Gasteiger partial charge in [-0.2, -0.15) is 0 Å². The van der Waals surface area contributed by atoms with Gasteiger partial charge in [0.05, 0.1) is 17.3 Å². The lowest BCUT2D eigenvalue weighted by Crippen LogP contribution is -2.32. The molecule has 0 amide bonds. The Kier molecular flexibility index (Phi) is 5.55. The van der Waals surface area contributed by atoms with Crippen LogP contribution in [0.2, 0.25) is 0 Å². The fourth-order valence-electron chi connectivity index (χ4n) is 3.78. The van der Waals surface area contributed by atoms with Crippen molar-refractivity contribution in [1.82, 2.24) is 15.2 Å². The molecule has 0 unspecified atom stereocenters. The number of hydrogen-bond donors (Lipinski definition) is 2. The van der Waals surface area contributed by atoms with E-state index in [0.717, 1.165) is 23.6 Å². The zero-order valence-corrected chi connectivity index (χ0v) is 17.6. The molecule has 154 valence electrons. The van der Waals surface area contributed by atoms with Gasteiger partial charge in [0, 0.05) is 18.3 Å². The number of carbonyl (C=O) groups is 1. The van der Waals surface area contributed by atoms with E-state index >= 15 is 0 Å². The van der Waals surface area contributed by atoms with Crippen molar-refractivity contribution in [2.45, 2.75) is 25.9 Å². The maximum atomic E-state index is 11.3. The minimum absolute atomic E-state index is 0.137. The Morgan fingerprint density at radius 2 is 2.07 bits per heavy atom. The lowest BCUT2D eigenvalue weighted by atomic mass is 10.0. The average Bonchev–Trinajstić information content (AvgIpc) is 3.34. The van der Waals surface area contributed by atoms with E-state index in [-0.39, 0.29) is 17.6 Å². The number of thiocarbonyl (C=S) groups is 1. The summed E-state index contributed by atoms with van der Waals surface area (Å²) in [7, 11) is 0. The third kappa shape index (κ3) is 3.93. The van der Waals surface area contributed by atoms with Crippen molar-refractivity contribution in [2.75, 3.05) is 6.54 Å². The highest BCUT2D eigenvalue weighted by Gasteiger charge is 2.41. The minimum atomic E-state index is -0.965. The molecule has 2 N–H and O–H groups in total. The lowest BCUT2D eigenvalue weighted by Gasteiger charge is -2.27. The first-order valence-corrected chi connectivity index (χ1v) is 10.3. The molecule has 1 aliphatic heterocycles.